The highest BCUT2D eigenvalue weighted by Gasteiger charge is 2.41. The minimum Gasteiger partial charge on any atom is -0.252 e. The van der Waals surface area contributed by atoms with E-state index in [1.54, 1.807) is 0 Å². The van der Waals surface area contributed by atoms with Crippen LogP contribution >= 0.6 is 0 Å². The minimum atomic E-state index is 0.242. The molecule has 0 amide bonds. The second kappa shape index (κ2) is 5.15. The third-order valence-electron chi connectivity index (χ3n) is 5.85. The van der Waals surface area contributed by atoms with Gasteiger partial charge in [0.2, 0.25) is 0 Å². The highest BCUT2D eigenvalue weighted by atomic mass is 14.7. The molecule has 0 unspecified atom stereocenters. The molecule has 0 atom stereocenters. The Labute approximate surface area is 153 Å². The van der Waals surface area contributed by atoms with Crippen LogP contribution in [0.3, 0.4) is 0 Å². The zero-order chi connectivity index (χ0) is 17.1. The summed E-state index contributed by atoms with van der Waals surface area (Å²) < 4.78 is 0. The first-order chi connectivity index (χ1) is 12.9. The Morgan fingerprint density at radius 1 is 0.462 bits per heavy atom. The molecule has 1 nitrogen and oxygen atoms in total. The third kappa shape index (κ3) is 1.78. The SMILES string of the molecule is c1ccc(-c2ccc3c(n2)C2c4ccccc4C3c3ccccc32)cc1. The number of hydrogen-bond acceptors (Lipinski definition) is 1. The van der Waals surface area contributed by atoms with Gasteiger partial charge in [-0.1, -0.05) is 84.9 Å². The van der Waals surface area contributed by atoms with E-state index in [9.17, 15) is 0 Å². The summed E-state index contributed by atoms with van der Waals surface area (Å²) in [5.41, 5.74) is 10.6. The summed E-state index contributed by atoms with van der Waals surface area (Å²) in [6, 6.07) is 32.7. The molecule has 0 aliphatic heterocycles. The molecular formula is C25H17N. The highest BCUT2D eigenvalue weighted by Crippen LogP contribution is 2.55. The van der Waals surface area contributed by atoms with Crippen LogP contribution in [0.25, 0.3) is 11.3 Å². The molecule has 26 heavy (non-hydrogen) atoms. The number of aromatic nitrogens is 1. The fraction of sp³-hybridized carbons (Fsp3) is 0.0800. The Morgan fingerprint density at radius 2 is 1.00 bits per heavy atom. The molecule has 0 N–H and O–H groups in total. The lowest BCUT2D eigenvalue weighted by Crippen LogP contribution is -2.28. The van der Waals surface area contributed by atoms with Gasteiger partial charge in [0.05, 0.1) is 17.3 Å². The largest absolute Gasteiger partial charge is 0.252 e. The zero-order valence-electron chi connectivity index (χ0n) is 14.3. The lowest BCUT2D eigenvalue weighted by molar-refractivity contribution is 0.728. The fourth-order valence-corrected chi connectivity index (χ4v) is 4.77. The normalized spacial score (nSPS) is 18.8. The van der Waals surface area contributed by atoms with Gasteiger partial charge in [0.1, 0.15) is 0 Å². The second-order valence-corrected chi connectivity index (χ2v) is 7.16. The first kappa shape index (κ1) is 14.0. The van der Waals surface area contributed by atoms with Gasteiger partial charge in [-0.15, -0.1) is 0 Å². The van der Waals surface area contributed by atoms with Gasteiger partial charge in [0, 0.05) is 11.5 Å². The predicted octanol–water partition coefficient (Wildman–Crippen LogP) is 5.74. The first-order valence-corrected chi connectivity index (χ1v) is 9.16. The van der Waals surface area contributed by atoms with Crippen molar-refractivity contribution < 1.29 is 0 Å². The number of benzene rings is 3. The molecule has 3 aliphatic carbocycles. The fourth-order valence-electron chi connectivity index (χ4n) is 4.77. The summed E-state index contributed by atoms with van der Waals surface area (Å²) >= 11 is 0. The molecule has 0 saturated carbocycles. The monoisotopic (exact) mass is 331 g/mol. The maximum absolute atomic E-state index is 5.16. The Hall–Kier alpha value is -3.19. The Kier molecular flexibility index (Phi) is 2.78. The minimum absolute atomic E-state index is 0.242. The van der Waals surface area contributed by atoms with Crippen molar-refractivity contribution in [3.05, 3.63) is 125 Å². The van der Waals surface area contributed by atoms with E-state index < -0.39 is 0 Å². The molecule has 0 fully saturated rings. The average molecular weight is 331 g/mol. The summed E-state index contributed by atoms with van der Waals surface area (Å²) in [5, 5.41) is 0. The first-order valence-electron chi connectivity index (χ1n) is 9.16. The van der Waals surface area contributed by atoms with Crippen molar-refractivity contribution >= 4 is 0 Å². The zero-order valence-corrected chi connectivity index (χ0v) is 14.3. The van der Waals surface area contributed by atoms with E-state index >= 15 is 0 Å². The van der Waals surface area contributed by atoms with Crippen LogP contribution in [-0.2, 0) is 0 Å². The van der Waals surface area contributed by atoms with Crippen LogP contribution in [-0.4, -0.2) is 4.98 Å². The molecule has 2 bridgehead atoms. The lowest BCUT2D eigenvalue weighted by Gasteiger charge is -2.41. The van der Waals surface area contributed by atoms with E-state index in [-0.39, 0.29) is 5.92 Å². The molecule has 0 radical (unpaired) electrons. The molecule has 1 heterocycles. The predicted molar refractivity (Wildman–Crippen MR) is 104 cm³/mol. The Bertz CT molecular complexity index is 1100. The van der Waals surface area contributed by atoms with Crippen LogP contribution < -0.4 is 0 Å². The van der Waals surface area contributed by atoms with Crippen LogP contribution in [0, 0.1) is 0 Å². The number of rotatable bonds is 1. The average Bonchev–Trinajstić information content (AvgIpc) is 2.73. The van der Waals surface area contributed by atoms with Crippen molar-refractivity contribution in [1.82, 2.24) is 4.98 Å². The van der Waals surface area contributed by atoms with Crippen LogP contribution in [0.5, 0.6) is 0 Å². The molecule has 7 rings (SSSR count). The van der Waals surface area contributed by atoms with Gasteiger partial charge in [-0.25, -0.2) is 0 Å². The van der Waals surface area contributed by atoms with E-state index in [4.69, 9.17) is 4.98 Å². The van der Waals surface area contributed by atoms with Crippen LogP contribution in [0.15, 0.2) is 91.0 Å². The van der Waals surface area contributed by atoms with Gasteiger partial charge in [0.15, 0.2) is 0 Å². The van der Waals surface area contributed by atoms with E-state index in [1.165, 1.54) is 39.1 Å². The van der Waals surface area contributed by atoms with Crippen molar-refractivity contribution in [2.75, 3.05) is 0 Å². The van der Waals surface area contributed by atoms with Crippen molar-refractivity contribution in [1.29, 1.82) is 0 Å². The maximum Gasteiger partial charge on any atom is 0.0705 e. The van der Waals surface area contributed by atoms with E-state index in [2.05, 4.69) is 91.0 Å². The molecule has 0 saturated heterocycles. The summed E-state index contributed by atoms with van der Waals surface area (Å²) in [4.78, 5) is 5.16. The van der Waals surface area contributed by atoms with E-state index in [0.717, 1.165) is 5.69 Å². The van der Waals surface area contributed by atoms with E-state index in [1.807, 2.05) is 0 Å². The third-order valence-corrected chi connectivity index (χ3v) is 5.85. The number of nitrogens with zero attached hydrogens (tertiary/aromatic N) is 1. The Morgan fingerprint density at radius 3 is 1.62 bits per heavy atom. The summed E-state index contributed by atoms with van der Waals surface area (Å²) in [7, 11) is 0. The standard InChI is InChI=1S/C25H17N/c1-2-8-16(9-3-1)22-15-14-21-23-17-10-4-6-12-19(17)24(25(21)26-22)20-13-7-5-11-18(20)23/h1-15,23-24H. The van der Waals surface area contributed by atoms with Crippen LogP contribution in [0.4, 0.5) is 0 Å². The van der Waals surface area contributed by atoms with Crippen molar-refractivity contribution in [2.45, 2.75) is 11.8 Å². The molecule has 4 aromatic rings. The topological polar surface area (TPSA) is 12.9 Å². The maximum atomic E-state index is 5.16. The number of pyridine rings is 1. The molecule has 122 valence electrons. The van der Waals surface area contributed by atoms with Gasteiger partial charge < -0.3 is 0 Å². The molecule has 0 spiro atoms. The van der Waals surface area contributed by atoms with Gasteiger partial charge in [0.25, 0.3) is 0 Å². The van der Waals surface area contributed by atoms with Crippen molar-refractivity contribution in [3.63, 3.8) is 0 Å². The van der Waals surface area contributed by atoms with Crippen molar-refractivity contribution in [2.24, 2.45) is 0 Å². The quantitative estimate of drug-likeness (QED) is 0.374. The Balaban J connectivity index is 1.63. The highest BCUT2D eigenvalue weighted by molar-refractivity contribution is 5.69. The molecule has 1 heteroatoms. The van der Waals surface area contributed by atoms with Crippen LogP contribution in [0.2, 0.25) is 0 Å². The van der Waals surface area contributed by atoms with Gasteiger partial charge in [-0.05, 0) is 33.9 Å². The van der Waals surface area contributed by atoms with Crippen LogP contribution in [0.1, 0.15) is 45.3 Å². The van der Waals surface area contributed by atoms with Crippen molar-refractivity contribution in [3.8, 4) is 11.3 Å². The molecule has 3 aliphatic rings. The second-order valence-electron chi connectivity index (χ2n) is 7.16. The smallest absolute Gasteiger partial charge is 0.0705 e. The van der Waals surface area contributed by atoms with Gasteiger partial charge in [-0.3, -0.25) is 4.98 Å². The lowest BCUT2D eigenvalue weighted by atomic mass is 9.62. The molecule has 3 aromatic carbocycles. The van der Waals surface area contributed by atoms with Gasteiger partial charge in [-0.2, -0.15) is 0 Å². The summed E-state index contributed by atoms with van der Waals surface area (Å²) in [6.45, 7) is 0. The summed E-state index contributed by atoms with van der Waals surface area (Å²) in [6.07, 6.45) is 0. The van der Waals surface area contributed by atoms with Gasteiger partial charge >= 0.3 is 0 Å². The van der Waals surface area contributed by atoms with E-state index in [0.29, 0.717) is 5.92 Å². The number of hydrogen-bond donors (Lipinski definition) is 0. The molecule has 1 aromatic heterocycles. The summed E-state index contributed by atoms with van der Waals surface area (Å²) in [5.74, 6) is 0.547. The molecular weight excluding hydrogens is 314 g/mol.